The number of amides is 2. The lowest BCUT2D eigenvalue weighted by Gasteiger charge is -2.12. The van der Waals surface area contributed by atoms with E-state index in [-0.39, 0.29) is 24.0 Å². The molecule has 1 heterocycles. The molecule has 5 nitrogen and oxygen atoms in total. The molecule has 19 heavy (non-hydrogen) atoms. The van der Waals surface area contributed by atoms with Crippen LogP contribution in [0.2, 0.25) is 0 Å². The molecule has 3 rings (SSSR count). The third kappa shape index (κ3) is 2.70. The first-order chi connectivity index (χ1) is 9.24. The first-order valence-electron chi connectivity index (χ1n) is 6.55. The zero-order chi connectivity index (χ0) is 13.2. The van der Waals surface area contributed by atoms with Gasteiger partial charge in [-0.25, -0.2) is 4.79 Å². The number of nitrogens with one attached hydrogen (secondary N) is 1. The molecule has 0 unspecified atom stereocenters. The molecule has 1 saturated carbocycles. The van der Waals surface area contributed by atoms with Crippen LogP contribution in [0.3, 0.4) is 0 Å². The number of cyclic esters (lactones) is 1. The summed E-state index contributed by atoms with van der Waals surface area (Å²) in [5.74, 6) is 0.261. The van der Waals surface area contributed by atoms with Crippen molar-refractivity contribution in [3.8, 4) is 0 Å². The minimum Gasteiger partial charge on any atom is -0.442 e. The Balaban J connectivity index is 1.56. The lowest BCUT2D eigenvalue weighted by molar-refractivity contribution is -0.122. The van der Waals surface area contributed by atoms with E-state index in [1.807, 2.05) is 30.3 Å². The number of carbonyl (C=O) groups excluding carboxylic acids is 2. The van der Waals surface area contributed by atoms with Gasteiger partial charge < -0.3 is 10.1 Å². The maximum Gasteiger partial charge on any atom is 0.414 e. The Bertz CT molecular complexity index is 485. The number of carbonyl (C=O) groups is 2. The van der Waals surface area contributed by atoms with E-state index in [1.54, 1.807) is 4.90 Å². The largest absolute Gasteiger partial charge is 0.442 e. The normalized spacial score (nSPS) is 22.2. The van der Waals surface area contributed by atoms with E-state index >= 15 is 0 Å². The zero-order valence-corrected chi connectivity index (χ0v) is 10.5. The summed E-state index contributed by atoms with van der Waals surface area (Å²) >= 11 is 0. The topological polar surface area (TPSA) is 58.6 Å². The fourth-order valence-electron chi connectivity index (χ4n) is 2.15. The van der Waals surface area contributed by atoms with E-state index < -0.39 is 0 Å². The van der Waals surface area contributed by atoms with Gasteiger partial charge in [-0.2, -0.15) is 0 Å². The van der Waals surface area contributed by atoms with E-state index in [0.29, 0.717) is 13.1 Å². The predicted octanol–water partition coefficient (Wildman–Crippen LogP) is 1.54. The molecule has 1 N–H and O–H groups in total. The lowest BCUT2D eigenvalue weighted by atomic mass is 10.2. The number of nitrogens with zero attached hydrogens (tertiary/aromatic N) is 1. The van der Waals surface area contributed by atoms with Crippen LogP contribution in [-0.2, 0) is 9.53 Å². The van der Waals surface area contributed by atoms with Gasteiger partial charge in [0.15, 0.2) is 0 Å². The monoisotopic (exact) mass is 260 g/mol. The average molecular weight is 260 g/mol. The molecule has 1 aromatic carbocycles. The van der Waals surface area contributed by atoms with Crippen molar-refractivity contribution < 1.29 is 14.3 Å². The highest BCUT2D eigenvalue weighted by Gasteiger charge is 2.34. The lowest BCUT2D eigenvalue weighted by Crippen LogP contribution is -2.35. The van der Waals surface area contributed by atoms with E-state index in [2.05, 4.69) is 5.32 Å². The highest BCUT2D eigenvalue weighted by atomic mass is 16.6. The van der Waals surface area contributed by atoms with E-state index in [4.69, 9.17) is 4.74 Å². The summed E-state index contributed by atoms with van der Waals surface area (Å²) in [7, 11) is 0. The minimum atomic E-state index is -0.350. The number of anilines is 1. The predicted molar refractivity (Wildman–Crippen MR) is 69.8 cm³/mol. The van der Waals surface area contributed by atoms with Gasteiger partial charge in [0.1, 0.15) is 6.10 Å². The van der Waals surface area contributed by atoms with Crippen LogP contribution in [0.1, 0.15) is 12.8 Å². The SMILES string of the molecule is O=C(NC[C@@H]1CN(c2ccccc2)C(=O)O1)C1CC1. The minimum absolute atomic E-state index is 0.0780. The van der Waals surface area contributed by atoms with Crippen molar-refractivity contribution in [3.05, 3.63) is 30.3 Å². The molecule has 0 aromatic heterocycles. The number of ether oxygens (including phenoxy) is 1. The molecule has 5 heteroatoms. The summed E-state index contributed by atoms with van der Waals surface area (Å²) in [6.45, 7) is 0.873. The van der Waals surface area contributed by atoms with Gasteiger partial charge in [-0.05, 0) is 25.0 Å². The van der Waals surface area contributed by atoms with Gasteiger partial charge in [0.25, 0.3) is 0 Å². The third-order valence-corrected chi connectivity index (χ3v) is 3.39. The summed E-state index contributed by atoms with van der Waals surface area (Å²) in [6.07, 6.45) is 1.34. The van der Waals surface area contributed by atoms with Crippen molar-refractivity contribution in [2.24, 2.45) is 5.92 Å². The summed E-state index contributed by atoms with van der Waals surface area (Å²) in [5.41, 5.74) is 0.823. The van der Waals surface area contributed by atoms with Crippen LogP contribution in [0.25, 0.3) is 0 Å². The van der Waals surface area contributed by atoms with Gasteiger partial charge in [-0.15, -0.1) is 0 Å². The van der Waals surface area contributed by atoms with Crippen LogP contribution in [0.15, 0.2) is 30.3 Å². The Kier molecular flexibility index (Phi) is 3.11. The quantitative estimate of drug-likeness (QED) is 0.893. The molecule has 1 aromatic rings. The molecule has 0 radical (unpaired) electrons. The van der Waals surface area contributed by atoms with Crippen molar-refractivity contribution in [1.82, 2.24) is 5.32 Å². The summed E-state index contributed by atoms with van der Waals surface area (Å²) in [4.78, 5) is 24.9. The number of hydrogen-bond acceptors (Lipinski definition) is 3. The summed E-state index contributed by atoms with van der Waals surface area (Å²) < 4.78 is 5.25. The van der Waals surface area contributed by atoms with Gasteiger partial charge in [-0.3, -0.25) is 9.69 Å². The second kappa shape index (κ2) is 4.91. The Hall–Kier alpha value is -2.04. The van der Waals surface area contributed by atoms with Crippen LogP contribution in [0.5, 0.6) is 0 Å². The first-order valence-corrected chi connectivity index (χ1v) is 6.55. The van der Waals surface area contributed by atoms with E-state index in [0.717, 1.165) is 18.5 Å². The maximum absolute atomic E-state index is 11.8. The van der Waals surface area contributed by atoms with Crippen molar-refractivity contribution in [3.63, 3.8) is 0 Å². The first kappa shape index (κ1) is 12.0. The molecule has 1 saturated heterocycles. The van der Waals surface area contributed by atoms with Gasteiger partial charge in [0, 0.05) is 11.6 Å². The maximum atomic E-state index is 11.8. The molecular weight excluding hydrogens is 244 g/mol. The van der Waals surface area contributed by atoms with Crippen LogP contribution in [-0.4, -0.2) is 31.2 Å². The summed E-state index contributed by atoms with van der Waals surface area (Å²) in [6, 6.07) is 9.40. The number of para-hydroxylation sites is 1. The highest BCUT2D eigenvalue weighted by Crippen LogP contribution is 2.28. The second-order valence-electron chi connectivity index (χ2n) is 4.97. The fraction of sp³-hybridized carbons (Fsp3) is 0.429. The van der Waals surface area contributed by atoms with Gasteiger partial charge in [0.05, 0.1) is 13.1 Å². The second-order valence-corrected chi connectivity index (χ2v) is 4.97. The van der Waals surface area contributed by atoms with E-state index in [1.165, 1.54) is 0 Å². The summed E-state index contributed by atoms with van der Waals surface area (Å²) in [5, 5.41) is 2.84. The molecule has 1 aliphatic heterocycles. The Morgan fingerprint density at radius 1 is 1.32 bits per heavy atom. The molecule has 2 aliphatic rings. The number of rotatable bonds is 4. The van der Waals surface area contributed by atoms with Gasteiger partial charge in [-0.1, -0.05) is 18.2 Å². The molecule has 1 atom stereocenters. The Morgan fingerprint density at radius 2 is 2.05 bits per heavy atom. The van der Waals surface area contributed by atoms with E-state index in [9.17, 15) is 9.59 Å². The molecule has 0 spiro atoms. The molecule has 2 amide bonds. The fourth-order valence-corrected chi connectivity index (χ4v) is 2.15. The van der Waals surface area contributed by atoms with Gasteiger partial charge >= 0.3 is 6.09 Å². The Morgan fingerprint density at radius 3 is 2.74 bits per heavy atom. The highest BCUT2D eigenvalue weighted by molar-refractivity contribution is 5.89. The van der Waals surface area contributed by atoms with Crippen molar-refractivity contribution >= 4 is 17.7 Å². The van der Waals surface area contributed by atoms with Crippen LogP contribution < -0.4 is 10.2 Å². The van der Waals surface area contributed by atoms with Crippen molar-refractivity contribution in [1.29, 1.82) is 0 Å². The van der Waals surface area contributed by atoms with Crippen molar-refractivity contribution in [2.45, 2.75) is 18.9 Å². The molecule has 0 bridgehead atoms. The smallest absolute Gasteiger partial charge is 0.414 e. The molecule has 1 aliphatic carbocycles. The zero-order valence-electron chi connectivity index (χ0n) is 10.5. The number of hydrogen-bond donors (Lipinski definition) is 1. The average Bonchev–Trinajstić information content (AvgIpc) is 3.21. The number of benzene rings is 1. The van der Waals surface area contributed by atoms with Crippen molar-refractivity contribution in [2.75, 3.05) is 18.0 Å². The standard InChI is InChI=1S/C14H16N2O3/c17-13(10-6-7-10)15-8-12-9-16(14(18)19-12)11-4-2-1-3-5-11/h1-5,10,12H,6-9H2,(H,15,17)/t12-/m1/s1. The third-order valence-electron chi connectivity index (χ3n) is 3.39. The van der Waals surface area contributed by atoms with Gasteiger partial charge in [0.2, 0.25) is 5.91 Å². The Labute approximate surface area is 111 Å². The van der Waals surface area contributed by atoms with Crippen LogP contribution in [0, 0.1) is 5.92 Å². The molecular formula is C14H16N2O3. The molecule has 2 fully saturated rings. The van der Waals surface area contributed by atoms with Crippen LogP contribution >= 0.6 is 0 Å². The molecule has 100 valence electrons. The van der Waals surface area contributed by atoms with Crippen LogP contribution in [0.4, 0.5) is 10.5 Å².